The van der Waals surface area contributed by atoms with Crippen LogP contribution in [0.1, 0.15) is 45.4 Å². The highest BCUT2D eigenvalue weighted by molar-refractivity contribution is 7.89. The van der Waals surface area contributed by atoms with Crippen LogP contribution in [0.4, 0.5) is 0 Å². The van der Waals surface area contributed by atoms with E-state index < -0.39 is 10.0 Å². The third kappa shape index (κ3) is 4.68. The highest BCUT2D eigenvalue weighted by Crippen LogP contribution is 2.28. The molecule has 27 heavy (non-hydrogen) atoms. The molecule has 0 aliphatic carbocycles. The number of piperidine rings is 1. The second kappa shape index (κ2) is 9.13. The Morgan fingerprint density at radius 3 is 2.89 bits per heavy atom. The van der Waals surface area contributed by atoms with Crippen LogP contribution in [0.5, 0.6) is 0 Å². The van der Waals surface area contributed by atoms with Crippen molar-refractivity contribution in [1.29, 1.82) is 0 Å². The second-order valence-corrected chi connectivity index (χ2v) is 9.46. The summed E-state index contributed by atoms with van der Waals surface area (Å²) in [4.78, 5) is 6.86. The Balaban J connectivity index is 1.74. The number of sulfonamides is 1. The summed E-state index contributed by atoms with van der Waals surface area (Å²) in [5.41, 5.74) is 0. The largest absolute Gasteiger partial charge is 0.302 e. The van der Waals surface area contributed by atoms with E-state index in [2.05, 4.69) is 23.9 Å². The molecule has 0 saturated carbocycles. The van der Waals surface area contributed by atoms with Crippen molar-refractivity contribution in [2.75, 3.05) is 26.7 Å². The van der Waals surface area contributed by atoms with Crippen LogP contribution in [0.2, 0.25) is 0 Å². The average molecular weight is 390 g/mol. The summed E-state index contributed by atoms with van der Waals surface area (Å²) in [5, 5.41) is 1.61. The maximum Gasteiger partial charge on any atom is 0.243 e. The number of rotatable bonds is 8. The number of nitrogens with zero attached hydrogens (tertiary/aromatic N) is 3. The molecule has 2 heterocycles. The average Bonchev–Trinajstić information content (AvgIpc) is 2.70. The maximum absolute atomic E-state index is 13.4. The fraction of sp³-hybridized carbons (Fsp3) is 0.571. The van der Waals surface area contributed by atoms with Crippen molar-refractivity contribution in [3.63, 3.8) is 0 Å². The molecule has 1 atom stereocenters. The van der Waals surface area contributed by atoms with E-state index >= 15 is 0 Å². The van der Waals surface area contributed by atoms with Crippen LogP contribution in [0.3, 0.4) is 0 Å². The molecule has 6 heteroatoms. The zero-order chi connectivity index (χ0) is 19.3. The molecule has 1 fully saturated rings. The van der Waals surface area contributed by atoms with Crippen molar-refractivity contribution < 1.29 is 8.42 Å². The number of hydrogen-bond donors (Lipinski definition) is 0. The van der Waals surface area contributed by atoms with Crippen molar-refractivity contribution in [2.24, 2.45) is 0 Å². The molecule has 0 bridgehead atoms. The molecule has 0 radical (unpaired) electrons. The molecule has 0 spiro atoms. The van der Waals surface area contributed by atoms with Crippen molar-refractivity contribution >= 4 is 20.8 Å². The Morgan fingerprint density at radius 1 is 1.22 bits per heavy atom. The number of likely N-dealkylation sites (N-methyl/N-ethyl adjacent to an activating group) is 1. The van der Waals surface area contributed by atoms with E-state index in [9.17, 15) is 8.42 Å². The maximum atomic E-state index is 13.4. The molecule has 1 saturated heterocycles. The van der Waals surface area contributed by atoms with Gasteiger partial charge in [0.05, 0.1) is 4.90 Å². The van der Waals surface area contributed by atoms with Gasteiger partial charge in [-0.25, -0.2) is 8.42 Å². The van der Waals surface area contributed by atoms with Crippen LogP contribution in [0, 0.1) is 0 Å². The Hall–Kier alpha value is -1.50. The minimum absolute atomic E-state index is 0.298. The molecule has 2 aromatic rings. The lowest BCUT2D eigenvalue weighted by atomic mass is 10.1. The first-order chi connectivity index (χ1) is 13.0. The molecule has 5 nitrogen and oxygen atoms in total. The first kappa shape index (κ1) is 20.2. The fourth-order valence-corrected chi connectivity index (χ4v) is 5.66. The predicted molar refractivity (Wildman–Crippen MR) is 110 cm³/mol. The third-order valence-corrected chi connectivity index (χ3v) is 7.53. The topological polar surface area (TPSA) is 53.5 Å². The van der Waals surface area contributed by atoms with E-state index in [1.54, 1.807) is 34.9 Å². The van der Waals surface area contributed by atoms with Gasteiger partial charge < -0.3 is 4.90 Å². The van der Waals surface area contributed by atoms with Gasteiger partial charge in [-0.05, 0) is 45.0 Å². The van der Waals surface area contributed by atoms with Gasteiger partial charge in [-0.2, -0.15) is 4.31 Å². The third-order valence-electron chi connectivity index (χ3n) is 5.61. The second-order valence-electron chi connectivity index (χ2n) is 7.55. The first-order valence-electron chi connectivity index (χ1n) is 10.1. The molecular weight excluding hydrogens is 358 g/mol. The molecule has 3 rings (SSSR count). The van der Waals surface area contributed by atoms with E-state index in [1.165, 1.54) is 25.7 Å². The standard InChI is InChI=1S/C21H31N3O2S/c1-3-4-5-6-14-23(2)19-10-8-15-24(17-19)27(25,26)21-11-7-9-18-16-22-13-12-20(18)21/h7,9,11-13,16,19H,3-6,8,10,14-15,17H2,1-2H3. The summed E-state index contributed by atoms with van der Waals surface area (Å²) >= 11 is 0. The molecule has 1 aliphatic heterocycles. The van der Waals surface area contributed by atoms with Crippen LogP contribution in [-0.2, 0) is 10.0 Å². The minimum atomic E-state index is -3.51. The molecule has 1 unspecified atom stereocenters. The van der Waals surface area contributed by atoms with Crippen LogP contribution in [0.25, 0.3) is 10.8 Å². The summed E-state index contributed by atoms with van der Waals surface area (Å²) < 4.78 is 28.4. The predicted octanol–water partition coefficient (Wildman–Crippen LogP) is 3.90. The monoisotopic (exact) mass is 389 g/mol. The summed E-state index contributed by atoms with van der Waals surface area (Å²) in [5.74, 6) is 0. The number of pyridine rings is 1. The molecule has 0 N–H and O–H groups in total. The van der Waals surface area contributed by atoms with Gasteiger partial charge in [0.15, 0.2) is 0 Å². The number of aromatic nitrogens is 1. The highest BCUT2D eigenvalue weighted by atomic mass is 32.2. The minimum Gasteiger partial charge on any atom is -0.302 e. The molecule has 1 aromatic carbocycles. The van der Waals surface area contributed by atoms with Gasteiger partial charge in [-0.3, -0.25) is 4.98 Å². The van der Waals surface area contributed by atoms with Crippen molar-refractivity contribution in [3.05, 3.63) is 36.7 Å². The van der Waals surface area contributed by atoms with Crippen LogP contribution >= 0.6 is 0 Å². The van der Waals surface area contributed by atoms with E-state index in [4.69, 9.17) is 0 Å². The Morgan fingerprint density at radius 2 is 2.07 bits per heavy atom. The first-order valence-corrected chi connectivity index (χ1v) is 11.5. The molecule has 0 amide bonds. The quantitative estimate of drug-likeness (QED) is 0.643. The van der Waals surface area contributed by atoms with E-state index in [0.717, 1.165) is 30.2 Å². The van der Waals surface area contributed by atoms with Gasteiger partial charge in [0.2, 0.25) is 10.0 Å². The number of unbranched alkanes of at least 4 members (excludes halogenated alkanes) is 3. The molecule has 1 aliphatic rings. The van der Waals surface area contributed by atoms with E-state index in [1.807, 2.05) is 6.07 Å². The van der Waals surface area contributed by atoms with Gasteiger partial charge in [0.25, 0.3) is 0 Å². The number of fused-ring (bicyclic) bond motifs is 1. The number of hydrogen-bond acceptors (Lipinski definition) is 4. The fourth-order valence-electron chi connectivity index (χ4n) is 3.93. The zero-order valence-electron chi connectivity index (χ0n) is 16.5. The van der Waals surface area contributed by atoms with Crippen LogP contribution in [-0.4, -0.2) is 55.3 Å². The molecule has 148 valence electrons. The van der Waals surface area contributed by atoms with Gasteiger partial charge in [0.1, 0.15) is 0 Å². The lowest BCUT2D eigenvalue weighted by molar-refractivity contribution is 0.161. The van der Waals surface area contributed by atoms with Crippen molar-refractivity contribution in [1.82, 2.24) is 14.2 Å². The number of benzene rings is 1. The smallest absolute Gasteiger partial charge is 0.243 e. The van der Waals surface area contributed by atoms with Gasteiger partial charge in [0, 0.05) is 42.3 Å². The van der Waals surface area contributed by atoms with Crippen LogP contribution in [0.15, 0.2) is 41.6 Å². The Bertz CT molecular complexity index is 848. The van der Waals surface area contributed by atoms with Gasteiger partial charge in [-0.1, -0.05) is 38.3 Å². The van der Waals surface area contributed by atoms with Crippen LogP contribution < -0.4 is 0 Å². The van der Waals surface area contributed by atoms with E-state index in [0.29, 0.717) is 24.0 Å². The van der Waals surface area contributed by atoms with Gasteiger partial charge >= 0.3 is 0 Å². The normalized spacial score (nSPS) is 19.0. The summed E-state index contributed by atoms with van der Waals surface area (Å²) in [6.07, 6.45) is 10.3. The lowest BCUT2D eigenvalue weighted by Crippen LogP contribution is -2.48. The summed E-state index contributed by atoms with van der Waals surface area (Å²) in [7, 11) is -1.37. The molecular formula is C21H31N3O2S. The van der Waals surface area contributed by atoms with Gasteiger partial charge in [-0.15, -0.1) is 0 Å². The molecule has 1 aromatic heterocycles. The summed E-state index contributed by atoms with van der Waals surface area (Å²) in [6.45, 7) is 4.44. The zero-order valence-corrected chi connectivity index (χ0v) is 17.3. The Kier molecular flexibility index (Phi) is 6.84. The van der Waals surface area contributed by atoms with Crippen molar-refractivity contribution in [3.8, 4) is 0 Å². The SMILES string of the molecule is CCCCCCN(C)C1CCCN(S(=O)(=O)c2cccc3cnccc23)C1. The lowest BCUT2D eigenvalue weighted by Gasteiger charge is -2.37. The summed E-state index contributed by atoms with van der Waals surface area (Å²) in [6, 6.07) is 7.52. The highest BCUT2D eigenvalue weighted by Gasteiger charge is 2.32. The van der Waals surface area contributed by atoms with Crippen molar-refractivity contribution in [2.45, 2.75) is 56.4 Å². The Labute approximate surface area is 163 Å². The van der Waals surface area contributed by atoms with E-state index in [-0.39, 0.29) is 0 Å².